The van der Waals surface area contributed by atoms with Crippen LogP contribution in [0.4, 0.5) is 5.69 Å². The lowest BCUT2D eigenvalue weighted by Gasteiger charge is -2.36. The third-order valence-corrected chi connectivity index (χ3v) is 7.56. The molecule has 30 heavy (non-hydrogen) atoms. The fourth-order valence-electron chi connectivity index (χ4n) is 3.22. The summed E-state index contributed by atoms with van der Waals surface area (Å²) in [6.07, 6.45) is 0. The molecule has 1 N–H and O–H groups in total. The van der Waals surface area contributed by atoms with E-state index in [1.807, 2.05) is 4.90 Å². The fraction of sp³-hybridized carbons (Fsp3) is 0.350. The van der Waals surface area contributed by atoms with Gasteiger partial charge in [-0.05, 0) is 49.4 Å². The SMILES string of the molecule is COc1ccc(S(=O)(=O)N2CCN(C(C)C(=O)Nc3cc(Cl)ccc3Cl)CC2)cc1. The maximum absolute atomic E-state index is 12.9. The summed E-state index contributed by atoms with van der Waals surface area (Å²) in [4.78, 5) is 14.8. The molecule has 1 aliphatic heterocycles. The Morgan fingerprint density at radius 3 is 2.30 bits per heavy atom. The van der Waals surface area contributed by atoms with Gasteiger partial charge in [-0.3, -0.25) is 9.69 Å². The van der Waals surface area contributed by atoms with Gasteiger partial charge in [0.05, 0.1) is 28.8 Å². The molecule has 0 radical (unpaired) electrons. The van der Waals surface area contributed by atoms with E-state index in [2.05, 4.69) is 5.32 Å². The van der Waals surface area contributed by atoms with Crippen LogP contribution < -0.4 is 10.1 Å². The maximum atomic E-state index is 12.9. The van der Waals surface area contributed by atoms with Crippen LogP contribution >= 0.6 is 23.2 Å². The first kappa shape index (κ1) is 22.8. The Morgan fingerprint density at radius 1 is 1.07 bits per heavy atom. The van der Waals surface area contributed by atoms with Gasteiger partial charge in [0, 0.05) is 31.2 Å². The zero-order valence-corrected chi connectivity index (χ0v) is 19.0. The molecule has 2 aromatic rings. The summed E-state index contributed by atoms with van der Waals surface area (Å²) in [7, 11) is -2.07. The van der Waals surface area contributed by atoms with Crippen molar-refractivity contribution in [2.75, 3.05) is 38.6 Å². The molecule has 1 unspecified atom stereocenters. The molecule has 162 valence electrons. The molecule has 7 nitrogen and oxygen atoms in total. The Bertz CT molecular complexity index is 1010. The van der Waals surface area contributed by atoms with Crippen molar-refractivity contribution in [3.8, 4) is 5.75 Å². The summed E-state index contributed by atoms with van der Waals surface area (Å²) in [5.74, 6) is 0.365. The number of amides is 1. The molecule has 1 aliphatic rings. The predicted molar refractivity (Wildman–Crippen MR) is 118 cm³/mol. The Hall–Kier alpha value is -1.84. The minimum absolute atomic E-state index is 0.220. The average molecular weight is 472 g/mol. The number of methoxy groups -OCH3 is 1. The van der Waals surface area contributed by atoms with Gasteiger partial charge < -0.3 is 10.1 Å². The van der Waals surface area contributed by atoms with Gasteiger partial charge in [0.2, 0.25) is 15.9 Å². The number of hydrogen-bond acceptors (Lipinski definition) is 5. The molecule has 0 aromatic heterocycles. The first-order valence-corrected chi connectivity index (χ1v) is 11.6. The fourth-order valence-corrected chi connectivity index (χ4v) is 4.98. The minimum atomic E-state index is -3.60. The van der Waals surface area contributed by atoms with E-state index in [4.69, 9.17) is 27.9 Å². The number of nitrogens with one attached hydrogen (secondary N) is 1. The van der Waals surface area contributed by atoms with E-state index in [-0.39, 0.29) is 10.8 Å². The van der Waals surface area contributed by atoms with Gasteiger partial charge >= 0.3 is 0 Å². The largest absolute Gasteiger partial charge is 0.497 e. The molecular weight excluding hydrogens is 449 g/mol. The van der Waals surface area contributed by atoms with Crippen molar-refractivity contribution < 1.29 is 17.9 Å². The van der Waals surface area contributed by atoms with Crippen LogP contribution in [0, 0.1) is 0 Å². The molecule has 1 atom stereocenters. The normalized spacial score (nSPS) is 16.8. The van der Waals surface area contributed by atoms with Crippen LogP contribution in [-0.4, -0.2) is 62.9 Å². The van der Waals surface area contributed by atoms with Crippen molar-refractivity contribution in [2.24, 2.45) is 0 Å². The molecule has 0 bridgehead atoms. The Morgan fingerprint density at radius 2 is 1.70 bits per heavy atom. The standard InChI is InChI=1S/C20H23Cl2N3O4S/c1-14(20(26)23-19-13-15(21)3-8-18(19)22)24-9-11-25(12-10-24)30(27,28)17-6-4-16(29-2)5-7-17/h3-8,13-14H,9-12H2,1-2H3,(H,23,26). The van der Waals surface area contributed by atoms with Crippen molar-refractivity contribution in [3.05, 3.63) is 52.5 Å². The third-order valence-electron chi connectivity index (χ3n) is 5.08. The van der Waals surface area contributed by atoms with Gasteiger partial charge in [-0.25, -0.2) is 8.42 Å². The van der Waals surface area contributed by atoms with Crippen LogP contribution in [0.15, 0.2) is 47.4 Å². The zero-order valence-electron chi connectivity index (χ0n) is 16.6. The molecule has 10 heteroatoms. The van der Waals surface area contributed by atoms with Crippen molar-refractivity contribution >= 4 is 44.8 Å². The number of anilines is 1. The van der Waals surface area contributed by atoms with Crippen LogP contribution in [0.2, 0.25) is 10.0 Å². The smallest absolute Gasteiger partial charge is 0.243 e. The number of sulfonamides is 1. The van der Waals surface area contributed by atoms with E-state index in [1.54, 1.807) is 37.3 Å². The summed E-state index contributed by atoms with van der Waals surface area (Å²) in [5.41, 5.74) is 0.446. The molecular formula is C20H23Cl2N3O4S. The Balaban J connectivity index is 1.61. The van der Waals surface area contributed by atoms with Gasteiger partial charge in [-0.1, -0.05) is 23.2 Å². The molecule has 0 spiro atoms. The summed E-state index contributed by atoms with van der Waals surface area (Å²) < 4.78 is 32.2. The average Bonchev–Trinajstić information content (AvgIpc) is 2.75. The molecule has 0 aliphatic carbocycles. The third kappa shape index (κ3) is 5.07. The number of nitrogens with zero attached hydrogens (tertiary/aromatic N) is 2. The molecule has 1 saturated heterocycles. The highest BCUT2D eigenvalue weighted by Crippen LogP contribution is 2.26. The second-order valence-corrected chi connectivity index (χ2v) is 9.69. The second-order valence-electron chi connectivity index (χ2n) is 6.90. The number of benzene rings is 2. The molecule has 1 amide bonds. The van der Waals surface area contributed by atoms with E-state index in [1.165, 1.54) is 23.5 Å². The first-order valence-electron chi connectivity index (χ1n) is 9.36. The first-order chi connectivity index (χ1) is 14.2. The maximum Gasteiger partial charge on any atom is 0.243 e. The van der Waals surface area contributed by atoms with Gasteiger partial charge in [-0.2, -0.15) is 4.31 Å². The van der Waals surface area contributed by atoms with E-state index >= 15 is 0 Å². The lowest BCUT2D eigenvalue weighted by molar-refractivity contribution is -0.121. The molecule has 0 saturated carbocycles. The van der Waals surface area contributed by atoms with E-state index < -0.39 is 16.1 Å². The Labute approximate surface area is 186 Å². The van der Waals surface area contributed by atoms with Crippen LogP contribution in [0.3, 0.4) is 0 Å². The highest BCUT2D eigenvalue weighted by Gasteiger charge is 2.32. The van der Waals surface area contributed by atoms with Gasteiger partial charge in [0.1, 0.15) is 5.75 Å². The molecule has 1 fully saturated rings. The number of rotatable bonds is 6. The van der Waals surface area contributed by atoms with Crippen LogP contribution in [-0.2, 0) is 14.8 Å². The van der Waals surface area contributed by atoms with Crippen LogP contribution in [0.25, 0.3) is 0 Å². The van der Waals surface area contributed by atoms with Gasteiger partial charge in [0.15, 0.2) is 0 Å². The van der Waals surface area contributed by atoms with Gasteiger partial charge in [0.25, 0.3) is 0 Å². The topological polar surface area (TPSA) is 79.0 Å². The molecule has 2 aromatic carbocycles. The molecule has 3 rings (SSSR count). The van der Waals surface area contributed by atoms with Crippen LogP contribution in [0.5, 0.6) is 5.75 Å². The number of hydrogen-bond donors (Lipinski definition) is 1. The lowest BCUT2D eigenvalue weighted by atomic mass is 10.2. The van der Waals surface area contributed by atoms with E-state index in [0.29, 0.717) is 47.7 Å². The highest BCUT2D eigenvalue weighted by molar-refractivity contribution is 7.89. The number of halogens is 2. The van der Waals surface area contributed by atoms with E-state index in [9.17, 15) is 13.2 Å². The minimum Gasteiger partial charge on any atom is -0.497 e. The summed E-state index contributed by atoms with van der Waals surface area (Å²) in [6, 6.07) is 10.7. The Kier molecular flexibility index (Phi) is 7.26. The van der Waals surface area contributed by atoms with Gasteiger partial charge in [-0.15, -0.1) is 0 Å². The monoisotopic (exact) mass is 471 g/mol. The van der Waals surface area contributed by atoms with Crippen LogP contribution in [0.1, 0.15) is 6.92 Å². The number of piperazine rings is 1. The summed E-state index contributed by atoms with van der Waals surface area (Å²) in [5, 5.41) is 3.66. The zero-order chi connectivity index (χ0) is 21.9. The predicted octanol–water partition coefficient (Wildman–Crippen LogP) is 3.34. The lowest BCUT2D eigenvalue weighted by Crippen LogP contribution is -2.53. The number of carbonyl (C=O) groups excluding carboxylic acids is 1. The summed E-state index contributed by atoms with van der Waals surface area (Å²) >= 11 is 12.1. The van der Waals surface area contributed by atoms with Crippen molar-refractivity contribution in [2.45, 2.75) is 17.9 Å². The highest BCUT2D eigenvalue weighted by atomic mass is 35.5. The van der Waals surface area contributed by atoms with Crippen molar-refractivity contribution in [1.29, 1.82) is 0 Å². The molecule has 1 heterocycles. The summed E-state index contributed by atoms with van der Waals surface area (Å²) in [6.45, 7) is 3.25. The number of ether oxygens (including phenoxy) is 1. The number of carbonyl (C=O) groups is 1. The van der Waals surface area contributed by atoms with Crippen molar-refractivity contribution in [1.82, 2.24) is 9.21 Å². The van der Waals surface area contributed by atoms with Crippen molar-refractivity contribution in [3.63, 3.8) is 0 Å². The second kappa shape index (κ2) is 9.53. The quantitative estimate of drug-likeness (QED) is 0.698. The van der Waals surface area contributed by atoms with E-state index in [0.717, 1.165) is 0 Å².